The molecule has 4 bridgehead atoms. The second-order valence-electron chi connectivity index (χ2n) is 12.6. The van der Waals surface area contributed by atoms with Crippen molar-refractivity contribution in [2.24, 2.45) is 28.6 Å². The molecular formula is C25H42BrN3O2. The van der Waals surface area contributed by atoms with Crippen molar-refractivity contribution >= 4 is 27.7 Å². The van der Waals surface area contributed by atoms with Gasteiger partial charge in [-0.15, -0.1) is 0 Å². The van der Waals surface area contributed by atoms with E-state index in [2.05, 4.69) is 59.0 Å². The highest BCUT2D eigenvalue weighted by atomic mass is 79.9. The predicted octanol–water partition coefficient (Wildman–Crippen LogP) is 4.05. The van der Waals surface area contributed by atoms with E-state index < -0.39 is 0 Å². The maximum absolute atomic E-state index is 13.2. The van der Waals surface area contributed by atoms with Crippen LogP contribution in [0.5, 0.6) is 0 Å². The van der Waals surface area contributed by atoms with Gasteiger partial charge in [0.15, 0.2) is 0 Å². The van der Waals surface area contributed by atoms with E-state index in [9.17, 15) is 9.59 Å². The number of hydrogen-bond acceptors (Lipinski definition) is 3. The minimum Gasteiger partial charge on any atom is -0.355 e. The van der Waals surface area contributed by atoms with E-state index >= 15 is 0 Å². The highest BCUT2D eigenvalue weighted by Gasteiger charge is 2.57. The number of carbonyl (C=O) groups excluding carboxylic acids is 2. The van der Waals surface area contributed by atoms with E-state index in [1.165, 1.54) is 38.5 Å². The van der Waals surface area contributed by atoms with Gasteiger partial charge < -0.3 is 15.1 Å². The largest absolute Gasteiger partial charge is 0.355 e. The highest BCUT2D eigenvalue weighted by Crippen LogP contribution is 2.65. The molecule has 2 unspecified atom stereocenters. The summed E-state index contributed by atoms with van der Waals surface area (Å²) in [6, 6.07) is 0. The lowest BCUT2D eigenvalue weighted by Gasteiger charge is -2.60. The Hall–Kier alpha value is -0.620. The standard InChI is InChI=1S/C25H42BrN3O2/c1-23(2,17-28(3)4)16-27-22(31)20-5-7-29(8-6-20)21(30)14-24-10-18-9-19(11-24)13-25(26,12-18)15-24/h18-20H,5-17H2,1-4H3,(H,27,31). The van der Waals surface area contributed by atoms with Gasteiger partial charge in [-0.05, 0) is 88.1 Å². The third-order valence-electron chi connectivity index (χ3n) is 8.34. The van der Waals surface area contributed by atoms with E-state index in [-0.39, 0.29) is 22.7 Å². The van der Waals surface area contributed by atoms with Gasteiger partial charge in [-0.25, -0.2) is 0 Å². The molecule has 5 rings (SSSR count). The first-order chi connectivity index (χ1) is 14.5. The van der Waals surface area contributed by atoms with E-state index in [1.807, 2.05) is 0 Å². The third-order valence-corrected chi connectivity index (χ3v) is 9.27. The number of rotatable bonds is 7. The molecule has 176 valence electrons. The van der Waals surface area contributed by atoms with Crippen LogP contribution in [-0.2, 0) is 9.59 Å². The van der Waals surface area contributed by atoms with Crippen molar-refractivity contribution in [2.75, 3.05) is 40.3 Å². The van der Waals surface area contributed by atoms with E-state index in [0.29, 0.717) is 16.8 Å². The fraction of sp³-hybridized carbons (Fsp3) is 0.920. The van der Waals surface area contributed by atoms with Crippen LogP contribution in [0, 0.1) is 28.6 Å². The van der Waals surface area contributed by atoms with Crippen LogP contribution in [0.1, 0.15) is 71.6 Å². The lowest BCUT2D eigenvalue weighted by Crippen LogP contribution is -2.54. The summed E-state index contributed by atoms with van der Waals surface area (Å²) in [6.07, 6.45) is 10.0. The van der Waals surface area contributed by atoms with Crippen molar-refractivity contribution in [3.8, 4) is 0 Å². The van der Waals surface area contributed by atoms with Crippen LogP contribution in [0.2, 0.25) is 0 Å². The van der Waals surface area contributed by atoms with Gasteiger partial charge in [0, 0.05) is 42.8 Å². The Kier molecular flexibility index (Phi) is 6.55. The van der Waals surface area contributed by atoms with Crippen LogP contribution < -0.4 is 5.32 Å². The van der Waals surface area contributed by atoms with Crippen LogP contribution in [0.4, 0.5) is 0 Å². The second-order valence-corrected chi connectivity index (χ2v) is 14.2. The predicted molar refractivity (Wildman–Crippen MR) is 128 cm³/mol. The van der Waals surface area contributed by atoms with Gasteiger partial charge in [0.2, 0.25) is 11.8 Å². The molecule has 5 nitrogen and oxygen atoms in total. The summed E-state index contributed by atoms with van der Waals surface area (Å²) in [7, 11) is 4.13. The molecule has 0 spiro atoms. The lowest BCUT2D eigenvalue weighted by molar-refractivity contribution is -0.141. The molecule has 5 fully saturated rings. The Morgan fingerprint density at radius 3 is 2.26 bits per heavy atom. The summed E-state index contributed by atoms with van der Waals surface area (Å²) < 4.78 is 0.308. The summed E-state index contributed by atoms with van der Waals surface area (Å²) in [5, 5.41) is 3.17. The molecule has 0 radical (unpaired) electrons. The SMILES string of the molecule is CN(C)CC(C)(C)CNC(=O)C1CCN(C(=O)CC23CC4CC(CC(Br)(C4)C2)C3)CC1. The topological polar surface area (TPSA) is 52.7 Å². The summed E-state index contributed by atoms with van der Waals surface area (Å²) in [4.78, 5) is 30.2. The van der Waals surface area contributed by atoms with Crippen molar-refractivity contribution in [1.82, 2.24) is 15.1 Å². The molecule has 1 saturated heterocycles. The molecule has 4 saturated carbocycles. The Bertz CT molecular complexity index is 685. The number of halogens is 1. The molecule has 0 aromatic carbocycles. The van der Waals surface area contributed by atoms with Gasteiger partial charge in [0.25, 0.3) is 0 Å². The van der Waals surface area contributed by atoms with Gasteiger partial charge in [-0.2, -0.15) is 0 Å². The molecule has 5 aliphatic rings. The van der Waals surface area contributed by atoms with Gasteiger partial charge >= 0.3 is 0 Å². The van der Waals surface area contributed by atoms with Gasteiger partial charge in [-0.3, -0.25) is 9.59 Å². The molecule has 6 heteroatoms. The molecular weight excluding hydrogens is 454 g/mol. The summed E-state index contributed by atoms with van der Waals surface area (Å²) in [5.74, 6) is 2.19. The highest BCUT2D eigenvalue weighted by molar-refractivity contribution is 9.10. The van der Waals surface area contributed by atoms with Crippen LogP contribution >= 0.6 is 15.9 Å². The zero-order valence-electron chi connectivity index (χ0n) is 20.0. The Morgan fingerprint density at radius 1 is 1.10 bits per heavy atom. The van der Waals surface area contributed by atoms with E-state index in [0.717, 1.165) is 50.7 Å². The number of alkyl halides is 1. The molecule has 31 heavy (non-hydrogen) atoms. The molecule has 1 N–H and O–H groups in total. The van der Waals surface area contributed by atoms with Gasteiger partial charge in [0.1, 0.15) is 0 Å². The molecule has 1 aliphatic heterocycles. The van der Waals surface area contributed by atoms with Crippen molar-refractivity contribution < 1.29 is 9.59 Å². The lowest BCUT2D eigenvalue weighted by atomic mass is 9.48. The van der Waals surface area contributed by atoms with Crippen molar-refractivity contribution in [3.63, 3.8) is 0 Å². The average Bonchev–Trinajstić information content (AvgIpc) is 2.63. The average molecular weight is 497 g/mol. The number of nitrogens with one attached hydrogen (secondary N) is 1. The minimum absolute atomic E-state index is 0.0459. The maximum atomic E-state index is 13.2. The molecule has 0 aromatic heterocycles. The molecule has 2 amide bonds. The number of hydrogen-bond donors (Lipinski definition) is 1. The van der Waals surface area contributed by atoms with Crippen molar-refractivity contribution in [3.05, 3.63) is 0 Å². The number of carbonyl (C=O) groups is 2. The normalized spacial score (nSPS) is 35.6. The minimum atomic E-state index is 0.0459. The molecule has 4 aliphatic carbocycles. The van der Waals surface area contributed by atoms with Crippen molar-refractivity contribution in [2.45, 2.75) is 76.0 Å². The first-order valence-electron chi connectivity index (χ1n) is 12.4. The Morgan fingerprint density at radius 2 is 1.71 bits per heavy atom. The number of amides is 2. The maximum Gasteiger partial charge on any atom is 0.223 e. The Labute approximate surface area is 197 Å². The zero-order valence-corrected chi connectivity index (χ0v) is 21.6. The number of piperidine rings is 1. The molecule has 0 aromatic rings. The van der Waals surface area contributed by atoms with Crippen molar-refractivity contribution in [1.29, 1.82) is 0 Å². The smallest absolute Gasteiger partial charge is 0.223 e. The second kappa shape index (κ2) is 8.62. The van der Waals surface area contributed by atoms with Crippen LogP contribution in [-0.4, -0.2) is 66.2 Å². The summed E-state index contributed by atoms with van der Waals surface area (Å²) >= 11 is 4.07. The first kappa shape index (κ1) is 23.5. The first-order valence-corrected chi connectivity index (χ1v) is 13.2. The van der Waals surface area contributed by atoms with Crippen LogP contribution in [0.25, 0.3) is 0 Å². The number of nitrogens with zero attached hydrogens (tertiary/aromatic N) is 2. The summed E-state index contributed by atoms with van der Waals surface area (Å²) in [6.45, 7) is 7.49. The molecule has 1 heterocycles. The molecule has 2 atom stereocenters. The van der Waals surface area contributed by atoms with Gasteiger partial charge in [-0.1, -0.05) is 29.8 Å². The fourth-order valence-electron chi connectivity index (χ4n) is 7.75. The number of likely N-dealkylation sites (tertiary alicyclic amines) is 1. The third kappa shape index (κ3) is 5.48. The van der Waals surface area contributed by atoms with E-state index in [1.54, 1.807) is 0 Å². The summed E-state index contributed by atoms with van der Waals surface area (Å²) in [5.41, 5.74) is 0.289. The van der Waals surface area contributed by atoms with Crippen LogP contribution in [0.3, 0.4) is 0 Å². The zero-order chi connectivity index (χ0) is 22.4. The fourth-order valence-corrected chi connectivity index (χ4v) is 9.26. The Balaban J connectivity index is 1.25. The quantitative estimate of drug-likeness (QED) is 0.541. The van der Waals surface area contributed by atoms with E-state index in [4.69, 9.17) is 0 Å². The van der Waals surface area contributed by atoms with Crippen LogP contribution in [0.15, 0.2) is 0 Å². The van der Waals surface area contributed by atoms with Gasteiger partial charge in [0.05, 0.1) is 0 Å². The monoisotopic (exact) mass is 495 g/mol.